The van der Waals surface area contributed by atoms with E-state index in [1.807, 2.05) is 13.1 Å². The monoisotopic (exact) mass is 194 g/mol. The highest BCUT2D eigenvalue weighted by Crippen LogP contribution is 2.14. The molecule has 0 aliphatic carbocycles. The molecule has 0 N–H and O–H groups in total. The summed E-state index contributed by atoms with van der Waals surface area (Å²) in [6.45, 7) is 4.09. The van der Waals surface area contributed by atoms with Crippen molar-refractivity contribution in [3.8, 4) is 0 Å². The number of alkyl halides is 1. The van der Waals surface area contributed by atoms with Gasteiger partial charge in [-0.15, -0.1) is 11.6 Å². The van der Waals surface area contributed by atoms with Gasteiger partial charge in [0, 0.05) is 11.9 Å². The highest BCUT2D eigenvalue weighted by molar-refractivity contribution is 6.17. The third-order valence-corrected chi connectivity index (χ3v) is 2.50. The molecule has 13 heavy (non-hydrogen) atoms. The van der Waals surface area contributed by atoms with E-state index in [0.29, 0.717) is 5.88 Å². The lowest BCUT2D eigenvalue weighted by atomic mass is 10.3. The second-order valence-corrected chi connectivity index (χ2v) is 3.48. The van der Waals surface area contributed by atoms with Gasteiger partial charge in [-0.1, -0.05) is 0 Å². The van der Waals surface area contributed by atoms with Gasteiger partial charge in [0.05, 0.1) is 11.6 Å². The minimum Gasteiger partial charge on any atom is -0.304 e. The van der Waals surface area contributed by atoms with E-state index in [9.17, 15) is 0 Å². The van der Waals surface area contributed by atoms with Gasteiger partial charge in [0.1, 0.15) is 5.65 Å². The maximum absolute atomic E-state index is 5.77. The summed E-state index contributed by atoms with van der Waals surface area (Å²) in [6, 6.07) is 4.13. The van der Waals surface area contributed by atoms with Crippen LogP contribution in [0.25, 0.3) is 5.65 Å². The van der Waals surface area contributed by atoms with Crippen molar-refractivity contribution in [3.05, 3.63) is 35.3 Å². The highest BCUT2D eigenvalue weighted by atomic mass is 35.5. The summed E-state index contributed by atoms with van der Waals surface area (Å²) < 4.78 is 2.06. The molecule has 2 aromatic heterocycles. The van der Waals surface area contributed by atoms with Gasteiger partial charge < -0.3 is 4.40 Å². The summed E-state index contributed by atoms with van der Waals surface area (Å²) in [5.41, 5.74) is 4.30. The van der Waals surface area contributed by atoms with Crippen LogP contribution in [0.4, 0.5) is 0 Å². The van der Waals surface area contributed by atoms with E-state index in [0.717, 1.165) is 17.0 Å². The lowest BCUT2D eigenvalue weighted by Gasteiger charge is -1.96. The zero-order valence-corrected chi connectivity index (χ0v) is 8.47. The van der Waals surface area contributed by atoms with Gasteiger partial charge in [-0.2, -0.15) is 0 Å². The van der Waals surface area contributed by atoms with Gasteiger partial charge in [-0.05, 0) is 31.5 Å². The number of hydrogen-bond acceptors (Lipinski definition) is 1. The van der Waals surface area contributed by atoms with E-state index in [-0.39, 0.29) is 0 Å². The third kappa shape index (κ3) is 1.31. The van der Waals surface area contributed by atoms with Crippen molar-refractivity contribution in [1.82, 2.24) is 9.38 Å². The molecule has 0 saturated carbocycles. The number of halogens is 1. The molecule has 0 bridgehead atoms. The number of aromatic nitrogens is 2. The van der Waals surface area contributed by atoms with Gasteiger partial charge in [-0.3, -0.25) is 0 Å². The fourth-order valence-corrected chi connectivity index (χ4v) is 1.70. The normalized spacial score (nSPS) is 11.0. The zero-order chi connectivity index (χ0) is 9.42. The van der Waals surface area contributed by atoms with Gasteiger partial charge in [0.2, 0.25) is 0 Å². The van der Waals surface area contributed by atoms with Crippen LogP contribution in [0, 0.1) is 13.8 Å². The van der Waals surface area contributed by atoms with E-state index in [1.165, 1.54) is 5.56 Å². The molecule has 3 heteroatoms. The first-order valence-corrected chi connectivity index (χ1v) is 4.76. The van der Waals surface area contributed by atoms with Crippen molar-refractivity contribution < 1.29 is 0 Å². The van der Waals surface area contributed by atoms with Crippen LogP contribution in [0.2, 0.25) is 0 Å². The Kier molecular flexibility index (Phi) is 2.00. The van der Waals surface area contributed by atoms with Crippen molar-refractivity contribution in [1.29, 1.82) is 0 Å². The molecule has 2 rings (SSSR count). The molecule has 2 heterocycles. The number of fused-ring (bicyclic) bond motifs is 1. The van der Waals surface area contributed by atoms with E-state index in [1.54, 1.807) is 0 Å². The van der Waals surface area contributed by atoms with Crippen LogP contribution < -0.4 is 0 Å². The molecule has 0 aliphatic rings. The van der Waals surface area contributed by atoms with Crippen LogP contribution in [-0.2, 0) is 5.88 Å². The number of hydrogen-bond donors (Lipinski definition) is 0. The van der Waals surface area contributed by atoms with Crippen LogP contribution in [0.1, 0.15) is 17.0 Å². The maximum Gasteiger partial charge on any atom is 0.137 e. The SMILES string of the molecule is Cc1ccn2c(C)c(CCl)nc2c1. The van der Waals surface area contributed by atoms with E-state index >= 15 is 0 Å². The molecule has 0 unspecified atom stereocenters. The minimum absolute atomic E-state index is 0.479. The average Bonchev–Trinajstić information content (AvgIpc) is 2.42. The minimum atomic E-state index is 0.479. The number of pyridine rings is 1. The fraction of sp³-hybridized carbons (Fsp3) is 0.300. The first kappa shape index (κ1) is 8.57. The summed E-state index contributed by atoms with van der Waals surface area (Å²) in [5.74, 6) is 0.479. The van der Waals surface area contributed by atoms with Crippen molar-refractivity contribution in [2.24, 2.45) is 0 Å². The quantitative estimate of drug-likeness (QED) is 0.638. The summed E-state index contributed by atoms with van der Waals surface area (Å²) in [7, 11) is 0. The number of rotatable bonds is 1. The van der Waals surface area contributed by atoms with Gasteiger partial charge in [0.15, 0.2) is 0 Å². The van der Waals surface area contributed by atoms with Gasteiger partial charge in [0.25, 0.3) is 0 Å². The summed E-state index contributed by atoms with van der Waals surface area (Å²) >= 11 is 5.77. The Morgan fingerprint density at radius 2 is 2.23 bits per heavy atom. The number of aryl methyl sites for hydroxylation is 2. The van der Waals surface area contributed by atoms with Crippen LogP contribution >= 0.6 is 11.6 Å². The number of imidazole rings is 1. The van der Waals surface area contributed by atoms with Crippen molar-refractivity contribution in [2.75, 3.05) is 0 Å². The van der Waals surface area contributed by atoms with Crippen LogP contribution in [0.15, 0.2) is 18.3 Å². The number of nitrogens with zero attached hydrogens (tertiary/aromatic N) is 2. The Hall–Kier alpha value is -1.02. The van der Waals surface area contributed by atoms with Crippen LogP contribution in [0.3, 0.4) is 0 Å². The van der Waals surface area contributed by atoms with Crippen LogP contribution in [0.5, 0.6) is 0 Å². The molecule has 0 aromatic carbocycles. The van der Waals surface area contributed by atoms with E-state index < -0.39 is 0 Å². The molecule has 0 atom stereocenters. The molecule has 0 fully saturated rings. The molecule has 0 aliphatic heterocycles. The highest BCUT2D eigenvalue weighted by Gasteiger charge is 2.05. The average molecular weight is 195 g/mol. The molecular formula is C10H11ClN2. The molecule has 0 spiro atoms. The first-order valence-electron chi connectivity index (χ1n) is 4.22. The van der Waals surface area contributed by atoms with Crippen molar-refractivity contribution in [2.45, 2.75) is 19.7 Å². The topological polar surface area (TPSA) is 17.3 Å². The lowest BCUT2D eigenvalue weighted by Crippen LogP contribution is -1.87. The predicted molar refractivity (Wildman–Crippen MR) is 54.2 cm³/mol. The van der Waals surface area contributed by atoms with Crippen LogP contribution in [-0.4, -0.2) is 9.38 Å². The third-order valence-electron chi connectivity index (χ3n) is 2.25. The van der Waals surface area contributed by atoms with Crippen molar-refractivity contribution >= 4 is 17.2 Å². The molecule has 0 saturated heterocycles. The van der Waals surface area contributed by atoms with E-state index in [2.05, 4.69) is 28.4 Å². The maximum atomic E-state index is 5.77. The van der Waals surface area contributed by atoms with Gasteiger partial charge >= 0.3 is 0 Å². The summed E-state index contributed by atoms with van der Waals surface area (Å²) in [6.07, 6.45) is 2.03. The second-order valence-electron chi connectivity index (χ2n) is 3.21. The Morgan fingerprint density at radius 1 is 1.46 bits per heavy atom. The second kappa shape index (κ2) is 3.04. The fourth-order valence-electron chi connectivity index (χ4n) is 1.44. The molecule has 0 amide bonds. The predicted octanol–water partition coefficient (Wildman–Crippen LogP) is 2.69. The molecular weight excluding hydrogens is 184 g/mol. The molecule has 68 valence electrons. The molecule has 2 nitrogen and oxygen atoms in total. The lowest BCUT2D eigenvalue weighted by molar-refractivity contribution is 1.08. The largest absolute Gasteiger partial charge is 0.304 e. The van der Waals surface area contributed by atoms with Crippen molar-refractivity contribution in [3.63, 3.8) is 0 Å². The summed E-state index contributed by atoms with van der Waals surface area (Å²) in [5, 5.41) is 0. The van der Waals surface area contributed by atoms with E-state index in [4.69, 9.17) is 11.6 Å². The smallest absolute Gasteiger partial charge is 0.137 e. The Labute approximate surface area is 82.2 Å². The standard InChI is InChI=1S/C10H11ClN2/c1-7-3-4-13-8(2)9(6-11)12-10(13)5-7/h3-5H,6H2,1-2H3. The molecule has 0 radical (unpaired) electrons. The Bertz CT molecular complexity index is 445. The van der Waals surface area contributed by atoms with Gasteiger partial charge in [-0.25, -0.2) is 4.98 Å². The molecule has 2 aromatic rings. The first-order chi connectivity index (χ1) is 6.22. The zero-order valence-electron chi connectivity index (χ0n) is 7.71. The Balaban J connectivity index is 2.76. The Morgan fingerprint density at radius 3 is 2.92 bits per heavy atom. The summed E-state index contributed by atoms with van der Waals surface area (Å²) in [4.78, 5) is 4.42.